The molecule has 517 valence electrons. The molecule has 1 radical (unpaired) electrons. The quantitative estimate of drug-likeness (QED) is 0.0246. The number of phosphoric acid groups is 2. The summed E-state index contributed by atoms with van der Waals surface area (Å²) in [4.78, 5) is 108. The molecule has 2 aromatic heterocycles. The van der Waals surface area contributed by atoms with Crippen molar-refractivity contribution in [3.05, 3.63) is 66.2 Å². The predicted octanol–water partition coefficient (Wildman–Crippen LogP) is 5.58. The van der Waals surface area contributed by atoms with Gasteiger partial charge in [0.1, 0.15) is 23.4 Å². The molecule has 0 aliphatic carbocycles. The number of aromatic nitrogens is 4. The van der Waals surface area contributed by atoms with Crippen molar-refractivity contribution in [1.82, 2.24) is 24.0 Å². The van der Waals surface area contributed by atoms with Gasteiger partial charge in [0.05, 0.1) is 43.2 Å². The largest absolute Gasteiger partial charge is 0.480 e. The van der Waals surface area contributed by atoms with Gasteiger partial charge in [-0.15, -0.1) is 0 Å². The average molecular weight is 1360 g/mol. The molecule has 2 saturated heterocycles. The van der Waals surface area contributed by atoms with Crippen LogP contribution in [0.1, 0.15) is 143 Å². The maximum Gasteiger partial charge on any atom is 0.480 e. The molecule has 0 amide bonds. The molecule has 2 aliphatic heterocycles. The van der Waals surface area contributed by atoms with E-state index in [1.807, 2.05) is 9.97 Å². The average Bonchev–Trinajstić information content (AvgIpc) is 1.63. The van der Waals surface area contributed by atoms with Crippen LogP contribution < -0.4 is 22.5 Å². The Morgan fingerprint density at radius 2 is 0.911 bits per heavy atom. The molecule has 2 aliphatic rings. The van der Waals surface area contributed by atoms with Crippen molar-refractivity contribution in [3.63, 3.8) is 0 Å². The number of H-pyrrole nitrogens is 2. The van der Waals surface area contributed by atoms with E-state index in [2.05, 4.69) is 44.2 Å². The zero-order valence-electron chi connectivity index (χ0n) is 54.3. The van der Waals surface area contributed by atoms with E-state index in [1.54, 1.807) is 104 Å². The van der Waals surface area contributed by atoms with Gasteiger partial charge in [-0.3, -0.25) is 57.0 Å². The van der Waals surface area contributed by atoms with Crippen LogP contribution in [0.25, 0.3) is 0 Å². The lowest BCUT2D eigenvalue weighted by atomic mass is 9.94. The Morgan fingerprint density at radius 1 is 0.611 bits per heavy atom. The van der Waals surface area contributed by atoms with Gasteiger partial charge in [0.15, 0.2) is 24.8 Å². The van der Waals surface area contributed by atoms with Crippen LogP contribution in [0.3, 0.4) is 0 Å². The van der Waals surface area contributed by atoms with Crippen molar-refractivity contribution in [1.29, 1.82) is 0 Å². The number of hydrogen-bond donors (Lipinski definition) is 6. The van der Waals surface area contributed by atoms with Crippen molar-refractivity contribution in [2.45, 2.75) is 186 Å². The monoisotopic (exact) mass is 1360 g/mol. The Bertz CT molecular complexity index is 2840. The summed E-state index contributed by atoms with van der Waals surface area (Å²) >= 11 is 0. The maximum atomic E-state index is 15.1. The van der Waals surface area contributed by atoms with Gasteiger partial charge in [0.2, 0.25) is 34.2 Å². The van der Waals surface area contributed by atoms with Crippen molar-refractivity contribution in [2.24, 2.45) is 21.7 Å². The number of carbonyl (C=O) groups is 4. The number of carbonyl (C=O) groups excluding carboxylic acids is 4. The molecule has 0 saturated carbocycles. The first kappa shape index (κ1) is 85.2. The molecular formula is C53H92BF2N5O26P3. The minimum atomic E-state index is -4.68. The molecule has 90 heavy (non-hydrogen) atoms. The number of aromatic amines is 2. The second-order valence-corrected chi connectivity index (χ2v) is 27.6. The van der Waals surface area contributed by atoms with Crippen LogP contribution in [0.2, 0.25) is 6.82 Å². The number of nitrogens with zero attached hydrogens (tertiary/aromatic N) is 3. The van der Waals surface area contributed by atoms with E-state index in [0.29, 0.717) is 0 Å². The Kier molecular flexibility index (Phi) is 35.8. The lowest BCUT2D eigenvalue weighted by Gasteiger charge is -2.31. The fraction of sp³-hybridized carbons (Fsp3) is 0.774. The molecule has 2 aromatic rings. The van der Waals surface area contributed by atoms with Crippen LogP contribution in [0.15, 0.2) is 43.7 Å². The van der Waals surface area contributed by atoms with Crippen LogP contribution in [0.5, 0.6) is 0 Å². The number of aliphatic hydroxyl groups is 3. The summed E-state index contributed by atoms with van der Waals surface area (Å²) in [6.07, 6.45) is -8.32. The Balaban J connectivity index is 0.00000130. The molecule has 0 aromatic carbocycles. The van der Waals surface area contributed by atoms with Gasteiger partial charge in [-0.1, -0.05) is 41.4 Å². The summed E-state index contributed by atoms with van der Waals surface area (Å²) in [6, 6.07) is 2.02. The number of halogens is 2. The molecule has 37 heteroatoms. The van der Waals surface area contributed by atoms with Gasteiger partial charge in [-0.05, 0) is 116 Å². The number of ether oxygens (including phenoxy) is 6. The van der Waals surface area contributed by atoms with Gasteiger partial charge in [-0.2, -0.15) is 0 Å². The molecule has 6 N–H and O–H groups in total. The first-order chi connectivity index (χ1) is 41.3. The SMILES string of the molecule is CC(C)(C)C(=O)OCOP(=O)(O)OCOC(=O)C(C)(C)C.CCN(CC)CC.CC[C@]1(CO)O[C@@H](n2ccc(=O)[nH]c2=O)[C@H](F)[C@@H]1O.CC[C@]1(COP(=O)(OCOC(=O)C(C)(C)C)OCOC(=O)C(C)(C)C)O[C@@H](n2ccc(=O)[nH]c2=O)[C@H](F)[C@@H]1O.C[B]P=O. The zero-order chi connectivity index (χ0) is 70.0. The summed E-state index contributed by atoms with van der Waals surface area (Å²) in [6.45, 7) is 31.2. The number of alkyl halides is 2. The molecule has 2 fully saturated rings. The molecule has 0 unspecified atom stereocenters. The Labute approximate surface area is 523 Å². The van der Waals surface area contributed by atoms with Crippen LogP contribution in [-0.2, 0) is 83.9 Å². The van der Waals surface area contributed by atoms with Crippen molar-refractivity contribution >= 4 is 54.9 Å². The number of hydrogen-bond acceptors (Lipinski definition) is 26. The highest BCUT2D eigenvalue weighted by Gasteiger charge is 2.57. The second-order valence-electron chi connectivity index (χ2n) is 23.7. The van der Waals surface area contributed by atoms with Crippen molar-refractivity contribution < 1.29 is 113 Å². The van der Waals surface area contributed by atoms with Crippen molar-refractivity contribution in [2.75, 3.05) is 60.0 Å². The van der Waals surface area contributed by atoms with Gasteiger partial charge in [0, 0.05) is 24.5 Å². The summed E-state index contributed by atoms with van der Waals surface area (Å²) in [7, 11) is -9.02. The second kappa shape index (κ2) is 37.8. The lowest BCUT2D eigenvalue weighted by Crippen LogP contribution is -2.45. The maximum absolute atomic E-state index is 15.1. The third-order valence-electron chi connectivity index (χ3n) is 12.6. The number of rotatable bonds is 24. The van der Waals surface area contributed by atoms with E-state index >= 15 is 4.39 Å². The van der Waals surface area contributed by atoms with Crippen LogP contribution in [0.4, 0.5) is 8.78 Å². The summed E-state index contributed by atoms with van der Waals surface area (Å²) in [5.41, 5.74) is -9.77. The minimum Gasteiger partial charge on any atom is -0.437 e. The molecule has 4 heterocycles. The van der Waals surface area contributed by atoms with Crippen LogP contribution in [-0.4, -0.2) is 171 Å². The fourth-order valence-electron chi connectivity index (χ4n) is 6.82. The van der Waals surface area contributed by atoms with Crippen LogP contribution >= 0.6 is 24.0 Å². The Morgan fingerprint density at radius 3 is 1.16 bits per heavy atom. The smallest absolute Gasteiger partial charge is 0.437 e. The first-order valence-corrected chi connectivity index (χ1v) is 32.1. The van der Waals surface area contributed by atoms with E-state index in [1.165, 1.54) is 26.6 Å². The summed E-state index contributed by atoms with van der Waals surface area (Å²) in [5, 5.41) is 29.8. The van der Waals surface area contributed by atoms with Gasteiger partial charge in [-0.25, -0.2) is 45.6 Å². The summed E-state index contributed by atoms with van der Waals surface area (Å²) in [5.74, 6) is -2.58. The normalized spacial score (nSPS) is 21.8. The number of phosphoric ester groups is 2. The van der Waals surface area contributed by atoms with Gasteiger partial charge < -0.3 is 53.5 Å². The van der Waals surface area contributed by atoms with Crippen LogP contribution in [0, 0.1) is 21.7 Å². The zero-order valence-corrected chi connectivity index (χ0v) is 57.0. The topological polar surface area (TPSA) is 415 Å². The number of esters is 4. The van der Waals surface area contributed by atoms with E-state index < -0.39 is 172 Å². The van der Waals surface area contributed by atoms with E-state index in [9.17, 15) is 76.7 Å². The Hall–Kier alpha value is -4.76. The standard InChI is InChI=1S/C23H36FN2O12P.C12H23O8P.C11H15FN2O5.C6H15N.CH3BOP/c1-8-23(16(28)15(24)17(38-23)26-10-9-14(27)25-20(26)31)11-35-39(32,36-12-33-18(29)21(2,3)4)37-13-34-19(30)22(5,6)7;1-11(2,3)9(13)17-7-19-21(15,16)20-8-18-10(14)12(4,5)6;1-2-11(5-15)8(17)7(12)9(19-11)14-4-3-6(16)13-10(14)18;1-4-7(5-2)6-3;1-2-4-3/h9-10,15-17,28H,8,11-13H2,1-7H3,(H,25,27,31);7-8H2,1-6H3,(H,15,16);3-4,7-9,15,17H,2,5H2,1H3,(H,13,16,18);4-6H2,1-3H3;1H3/t15-,16+,17-,23-;;7-,8+,9-,11-;;/m1.1../s1. The minimum absolute atomic E-state index is 0.0960. The number of aliphatic hydroxyl groups excluding tert-OH is 3. The molecule has 0 spiro atoms. The fourth-order valence-corrected chi connectivity index (χ4v) is 8.23. The first-order valence-electron chi connectivity index (χ1n) is 28.2. The highest BCUT2D eigenvalue weighted by Crippen LogP contribution is 2.52. The highest BCUT2D eigenvalue weighted by atomic mass is 31.2. The predicted molar refractivity (Wildman–Crippen MR) is 320 cm³/mol. The van der Waals surface area contributed by atoms with E-state index in [-0.39, 0.29) is 21.2 Å². The van der Waals surface area contributed by atoms with Gasteiger partial charge in [0.25, 0.3) is 11.1 Å². The third kappa shape index (κ3) is 27.8. The van der Waals surface area contributed by atoms with E-state index in [0.717, 1.165) is 33.7 Å². The van der Waals surface area contributed by atoms with Gasteiger partial charge >= 0.3 is 50.9 Å². The lowest BCUT2D eigenvalue weighted by molar-refractivity contribution is -0.166. The number of nitrogens with one attached hydrogen (secondary N) is 2. The third-order valence-corrected chi connectivity index (χ3v) is 15.0. The van der Waals surface area contributed by atoms with Crippen molar-refractivity contribution in [3.8, 4) is 0 Å². The molecule has 0 bridgehead atoms. The molecule has 8 atom stereocenters. The molecule has 31 nitrogen and oxygen atoms in total. The van der Waals surface area contributed by atoms with E-state index in [4.69, 9.17) is 32.5 Å². The highest BCUT2D eigenvalue weighted by molar-refractivity contribution is 7.60. The molecule has 4 rings (SSSR count). The molecular weight excluding hydrogens is 1260 g/mol. The summed E-state index contributed by atoms with van der Waals surface area (Å²) < 4.78 is 119.